The van der Waals surface area contributed by atoms with Crippen molar-refractivity contribution in [1.82, 2.24) is 5.32 Å². The third-order valence-corrected chi connectivity index (χ3v) is 4.35. The number of rotatable bonds is 7. The van der Waals surface area contributed by atoms with Crippen LogP contribution in [0.1, 0.15) is 27.9 Å². The Bertz CT molecular complexity index is 840. The zero-order valence-electron chi connectivity index (χ0n) is 15.2. The molecule has 150 valence electrons. The van der Waals surface area contributed by atoms with Crippen LogP contribution in [-0.2, 0) is 11.0 Å². The molecule has 0 saturated heterocycles. The lowest BCUT2D eigenvalue weighted by atomic mass is 10.1. The molecule has 1 N–H and O–H groups in total. The number of hydrogen-bond donors (Lipinski definition) is 1. The number of nitrogens with zero attached hydrogens (tertiary/aromatic N) is 1. The first kappa shape index (κ1) is 21.8. The molecule has 0 atom stereocenters. The van der Waals surface area contributed by atoms with Crippen molar-refractivity contribution >= 4 is 29.1 Å². The van der Waals surface area contributed by atoms with Crippen molar-refractivity contribution in [3.8, 4) is 0 Å². The first-order valence-corrected chi connectivity index (χ1v) is 9.15. The van der Waals surface area contributed by atoms with Crippen molar-refractivity contribution in [3.05, 3.63) is 65.2 Å². The number of nitrogens with one attached hydrogen (secondary N) is 1. The Balaban J connectivity index is 2.30. The molecule has 4 nitrogen and oxygen atoms in total. The van der Waals surface area contributed by atoms with Crippen LogP contribution in [0.5, 0.6) is 0 Å². The molecule has 0 saturated carbocycles. The molecule has 0 bridgehead atoms. The van der Waals surface area contributed by atoms with E-state index in [1.807, 2.05) is 0 Å². The van der Waals surface area contributed by atoms with Gasteiger partial charge in [-0.05, 0) is 43.2 Å². The van der Waals surface area contributed by atoms with Gasteiger partial charge in [0, 0.05) is 24.3 Å². The van der Waals surface area contributed by atoms with E-state index in [2.05, 4.69) is 5.32 Å². The zero-order chi connectivity index (χ0) is 20.7. The van der Waals surface area contributed by atoms with Crippen LogP contribution in [-0.4, -0.2) is 30.8 Å². The molecule has 0 aliphatic rings. The van der Waals surface area contributed by atoms with Gasteiger partial charge in [0.05, 0.1) is 5.56 Å². The monoisotopic (exact) mass is 412 g/mol. The number of amides is 2. The van der Waals surface area contributed by atoms with Crippen LogP contribution in [0.2, 0.25) is 0 Å². The predicted molar refractivity (Wildman–Crippen MR) is 103 cm³/mol. The Labute approximate surface area is 166 Å². The van der Waals surface area contributed by atoms with Crippen molar-refractivity contribution < 1.29 is 22.8 Å². The summed E-state index contributed by atoms with van der Waals surface area (Å²) in [5, 5.41) is 2.58. The van der Waals surface area contributed by atoms with E-state index in [0.717, 1.165) is 17.7 Å². The van der Waals surface area contributed by atoms with Crippen molar-refractivity contribution in [1.29, 1.82) is 0 Å². The highest BCUT2D eigenvalue weighted by Gasteiger charge is 2.31. The van der Waals surface area contributed by atoms with Crippen LogP contribution >= 0.6 is 11.6 Å². The Hall–Kier alpha value is -2.54. The van der Waals surface area contributed by atoms with E-state index in [9.17, 15) is 22.8 Å². The van der Waals surface area contributed by atoms with Crippen LogP contribution in [0.15, 0.2) is 48.5 Å². The summed E-state index contributed by atoms with van der Waals surface area (Å²) in [7, 11) is 0. The summed E-state index contributed by atoms with van der Waals surface area (Å²) in [4.78, 5) is 25.6. The van der Waals surface area contributed by atoms with Gasteiger partial charge in [0.25, 0.3) is 5.91 Å². The fourth-order valence-electron chi connectivity index (χ4n) is 2.67. The first-order valence-electron chi connectivity index (χ1n) is 8.61. The van der Waals surface area contributed by atoms with E-state index < -0.39 is 17.6 Å². The Kier molecular flexibility index (Phi) is 7.45. The summed E-state index contributed by atoms with van der Waals surface area (Å²) in [5.74, 6) is -0.932. The van der Waals surface area contributed by atoms with Crippen molar-refractivity contribution in [3.63, 3.8) is 0 Å². The van der Waals surface area contributed by atoms with Gasteiger partial charge in [0.1, 0.15) is 5.88 Å². The molecule has 28 heavy (non-hydrogen) atoms. The van der Waals surface area contributed by atoms with Crippen LogP contribution in [0.25, 0.3) is 0 Å². The van der Waals surface area contributed by atoms with Crippen LogP contribution < -0.4 is 10.2 Å². The van der Waals surface area contributed by atoms with E-state index in [0.29, 0.717) is 12.0 Å². The minimum absolute atomic E-state index is 0.136. The van der Waals surface area contributed by atoms with Gasteiger partial charge in [-0.25, -0.2) is 0 Å². The largest absolute Gasteiger partial charge is 0.416 e. The van der Waals surface area contributed by atoms with E-state index in [1.165, 1.54) is 17.0 Å². The maximum absolute atomic E-state index is 13.1. The maximum atomic E-state index is 13.1. The van der Waals surface area contributed by atoms with Crippen molar-refractivity contribution in [2.45, 2.75) is 19.5 Å². The van der Waals surface area contributed by atoms with Crippen molar-refractivity contribution in [2.24, 2.45) is 0 Å². The summed E-state index contributed by atoms with van der Waals surface area (Å²) in [6, 6.07) is 11.5. The molecule has 0 aliphatic carbocycles. The lowest BCUT2D eigenvalue weighted by molar-refractivity contribution is -0.137. The number of carbonyl (C=O) groups is 2. The molecule has 0 aromatic heterocycles. The molecular weight excluding hydrogens is 393 g/mol. The molecule has 2 rings (SSSR count). The number of anilines is 1. The van der Waals surface area contributed by atoms with Crippen molar-refractivity contribution in [2.75, 3.05) is 23.9 Å². The number of alkyl halides is 4. The first-order chi connectivity index (χ1) is 13.2. The summed E-state index contributed by atoms with van der Waals surface area (Å²) in [6.07, 6.45) is -4.15. The summed E-state index contributed by atoms with van der Waals surface area (Å²) >= 11 is 5.41. The molecule has 2 aromatic carbocycles. The quantitative estimate of drug-likeness (QED) is 0.541. The van der Waals surface area contributed by atoms with Gasteiger partial charge in [0.2, 0.25) is 5.91 Å². The van der Waals surface area contributed by atoms with Crippen LogP contribution in [0, 0.1) is 6.92 Å². The Morgan fingerprint density at radius 3 is 2.46 bits per heavy atom. The number of aryl methyl sites for hydroxylation is 1. The topological polar surface area (TPSA) is 49.4 Å². The molecule has 0 aliphatic heterocycles. The molecule has 8 heteroatoms. The highest BCUT2D eigenvalue weighted by atomic mass is 35.5. The third kappa shape index (κ3) is 5.73. The summed E-state index contributed by atoms with van der Waals surface area (Å²) in [5.41, 5.74) is 0.444. The second kappa shape index (κ2) is 9.59. The SMILES string of the molecule is Cc1ccccc1C(=O)N(CCCNC(=O)CCl)c1cccc(C(F)(F)F)c1. The zero-order valence-corrected chi connectivity index (χ0v) is 16.0. The average Bonchev–Trinajstić information content (AvgIpc) is 2.67. The molecule has 0 radical (unpaired) electrons. The molecule has 2 aromatic rings. The minimum atomic E-state index is -4.51. The Morgan fingerprint density at radius 2 is 1.82 bits per heavy atom. The van der Waals surface area contributed by atoms with Crippen LogP contribution in [0.4, 0.5) is 18.9 Å². The predicted octanol–water partition coefficient (Wildman–Crippen LogP) is 4.41. The standard InChI is InChI=1S/C20H20ClF3N2O2/c1-14-6-2-3-9-17(14)19(28)26(11-5-10-25-18(27)13-21)16-8-4-7-15(12-16)20(22,23)24/h2-4,6-9,12H,5,10-11,13H2,1H3,(H,25,27). The van der Waals surface area contributed by atoms with E-state index in [-0.39, 0.29) is 30.6 Å². The normalized spacial score (nSPS) is 11.2. The van der Waals surface area contributed by atoms with Gasteiger partial charge >= 0.3 is 6.18 Å². The third-order valence-electron chi connectivity index (χ3n) is 4.11. The number of halogens is 4. The molecule has 0 heterocycles. The molecule has 0 spiro atoms. The second-order valence-corrected chi connectivity index (χ2v) is 6.42. The smallest absolute Gasteiger partial charge is 0.355 e. The number of carbonyl (C=O) groups excluding carboxylic acids is 2. The van der Waals surface area contributed by atoms with Gasteiger partial charge < -0.3 is 10.2 Å². The molecule has 0 unspecified atom stereocenters. The highest BCUT2D eigenvalue weighted by molar-refractivity contribution is 6.27. The molecule has 2 amide bonds. The summed E-state index contributed by atoms with van der Waals surface area (Å²) < 4.78 is 39.3. The second-order valence-electron chi connectivity index (χ2n) is 6.16. The van der Waals surface area contributed by atoms with Gasteiger partial charge in [-0.2, -0.15) is 13.2 Å². The molecular formula is C20H20ClF3N2O2. The minimum Gasteiger partial charge on any atom is -0.355 e. The van der Waals surface area contributed by atoms with Crippen LogP contribution in [0.3, 0.4) is 0 Å². The van der Waals surface area contributed by atoms with Gasteiger partial charge in [-0.15, -0.1) is 11.6 Å². The number of benzene rings is 2. The molecule has 0 fully saturated rings. The fourth-order valence-corrected chi connectivity index (χ4v) is 2.76. The summed E-state index contributed by atoms with van der Waals surface area (Å²) in [6.45, 7) is 2.15. The van der Waals surface area contributed by atoms with E-state index in [1.54, 1.807) is 31.2 Å². The number of hydrogen-bond acceptors (Lipinski definition) is 2. The van der Waals surface area contributed by atoms with Gasteiger partial charge in [-0.1, -0.05) is 24.3 Å². The maximum Gasteiger partial charge on any atom is 0.416 e. The average molecular weight is 413 g/mol. The van der Waals surface area contributed by atoms with E-state index >= 15 is 0 Å². The Morgan fingerprint density at radius 1 is 1.11 bits per heavy atom. The van der Waals surface area contributed by atoms with Gasteiger partial charge in [0.15, 0.2) is 0 Å². The van der Waals surface area contributed by atoms with E-state index in [4.69, 9.17) is 11.6 Å². The lowest BCUT2D eigenvalue weighted by Gasteiger charge is -2.24. The fraction of sp³-hybridized carbons (Fsp3) is 0.300. The van der Waals surface area contributed by atoms with Gasteiger partial charge in [-0.3, -0.25) is 9.59 Å². The highest BCUT2D eigenvalue weighted by Crippen LogP contribution is 2.32. The lowest BCUT2D eigenvalue weighted by Crippen LogP contribution is -2.35.